The molecule has 1 N–H and O–H groups in total. The summed E-state index contributed by atoms with van der Waals surface area (Å²) in [5, 5.41) is 11.9. The molecule has 6 heterocycles. The van der Waals surface area contributed by atoms with E-state index in [4.69, 9.17) is 18.9 Å². The van der Waals surface area contributed by atoms with Gasteiger partial charge in [-0.2, -0.15) is 0 Å². The lowest BCUT2D eigenvalue weighted by atomic mass is 10.0. The number of ether oxygens (including phenoxy) is 2. The van der Waals surface area contributed by atoms with Gasteiger partial charge in [-0.15, -0.1) is 0 Å². The van der Waals surface area contributed by atoms with E-state index in [2.05, 4.69) is 46.5 Å². The number of urea groups is 2. The third-order valence-electron chi connectivity index (χ3n) is 16.2. The Kier molecular flexibility index (Phi) is 18.9. The van der Waals surface area contributed by atoms with Crippen molar-refractivity contribution in [2.45, 2.75) is 91.8 Å². The van der Waals surface area contributed by atoms with Crippen LogP contribution in [0.15, 0.2) is 85.2 Å². The number of aromatic nitrogens is 2. The Labute approximate surface area is 495 Å². The number of piperazine rings is 2. The van der Waals surface area contributed by atoms with Crippen LogP contribution in [0.1, 0.15) is 91.9 Å². The first-order chi connectivity index (χ1) is 40.0. The van der Waals surface area contributed by atoms with E-state index in [0.717, 1.165) is 5.56 Å². The van der Waals surface area contributed by atoms with Gasteiger partial charge in [-0.25, -0.2) is 28.0 Å². The number of benzene rings is 4. The highest BCUT2D eigenvalue weighted by Gasteiger charge is 2.49. The highest BCUT2D eigenvalue weighted by atomic mass is 28.4. The Balaban J connectivity index is 0.000000225. The van der Waals surface area contributed by atoms with E-state index >= 15 is 0 Å². The third-order valence-corrected chi connectivity index (χ3v) is 22.2. The molecule has 4 aromatic carbocycles. The van der Waals surface area contributed by atoms with Gasteiger partial charge >= 0.3 is 24.2 Å². The monoisotopic (exact) mass is 1190 g/mol. The molecule has 0 aliphatic carbocycles. The van der Waals surface area contributed by atoms with Gasteiger partial charge in [0, 0.05) is 128 Å². The summed E-state index contributed by atoms with van der Waals surface area (Å²) < 4.78 is 46.4. The standard InChI is InChI=1S/C35H46FN5O5Si.C26H26FN5O5.CH4/c1-22(2)47(23(3)4,24(5)6)46-32-29-28(21-41(33(29)42)20-25-11-13-26(36)14-12-25)31(27-10-9-15-37-30(27)32)45-35(44)40-18-16-39(17-19-40)34(43)38(7)8;1-29(2)25(35)30-10-12-31(13-11-30)26(36)37-23-18-4-3-9-28-21(18)22(33)20-19(23)15-32(24(20)34)14-16-5-7-17(27)8-6-16;/h9-15,22-24H,16-21H2,1-8H3;3-9,33H,10-15H2,1-2H3;1H4. The average molecular weight is 1190 g/mol. The lowest BCUT2D eigenvalue weighted by Gasteiger charge is -2.42. The van der Waals surface area contributed by atoms with Crippen molar-refractivity contribution in [3.8, 4) is 23.0 Å². The van der Waals surface area contributed by atoms with Crippen molar-refractivity contribution in [3.63, 3.8) is 0 Å². The molecular formula is C62H76F2N10O10Si. The van der Waals surface area contributed by atoms with E-state index in [-0.39, 0.29) is 108 Å². The van der Waals surface area contributed by atoms with E-state index in [9.17, 15) is 42.7 Å². The van der Waals surface area contributed by atoms with E-state index in [1.807, 2.05) is 6.07 Å². The molecule has 452 valence electrons. The van der Waals surface area contributed by atoms with Crippen molar-refractivity contribution >= 4 is 66.2 Å². The maximum absolute atomic E-state index is 14.4. The number of phenolic OH excluding ortho intramolecular Hbond substituents is 1. The number of halogens is 2. The molecule has 2 aromatic heterocycles. The normalized spacial score (nSPS) is 15.0. The van der Waals surface area contributed by atoms with Gasteiger partial charge in [-0.3, -0.25) is 19.6 Å². The summed E-state index contributed by atoms with van der Waals surface area (Å²) in [5.41, 5.74) is 4.19. The summed E-state index contributed by atoms with van der Waals surface area (Å²) in [7, 11) is 4.19. The fourth-order valence-electron chi connectivity index (χ4n) is 12.0. The molecular weight excluding hydrogens is 1110 g/mol. The molecule has 0 spiro atoms. The van der Waals surface area contributed by atoms with Crippen LogP contribution in [-0.4, -0.2) is 179 Å². The maximum atomic E-state index is 14.4. The second-order valence-electron chi connectivity index (χ2n) is 22.9. The van der Waals surface area contributed by atoms with Gasteiger partial charge in [0.25, 0.3) is 20.1 Å². The van der Waals surface area contributed by atoms with Crippen LogP contribution in [0.2, 0.25) is 16.6 Å². The smallest absolute Gasteiger partial charge is 0.415 e. The average Bonchev–Trinajstić information content (AvgIpc) is 1.77. The number of hydrogen-bond donors (Lipinski definition) is 1. The van der Waals surface area contributed by atoms with Gasteiger partial charge in [0.15, 0.2) is 5.75 Å². The molecule has 0 saturated carbocycles. The number of hydrogen-bond acceptors (Lipinski definition) is 12. The summed E-state index contributed by atoms with van der Waals surface area (Å²) in [6.45, 7) is 16.6. The number of phenols is 1. The van der Waals surface area contributed by atoms with Crippen molar-refractivity contribution < 1.29 is 56.6 Å². The Morgan fingerprint density at radius 2 is 0.918 bits per heavy atom. The van der Waals surface area contributed by atoms with Crippen LogP contribution in [0, 0.1) is 11.6 Å². The largest absolute Gasteiger partial charge is 0.541 e. The van der Waals surface area contributed by atoms with E-state index in [1.165, 1.54) is 50.1 Å². The van der Waals surface area contributed by atoms with Crippen molar-refractivity contribution in [1.29, 1.82) is 0 Å². The van der Waals surface area contributed by atoms with Gasteiger partial charge in [-0.1, -0.05) is 73.2 Å². The highest BCUT2D eigenvalue weighted by molar-refractivity contribution is 6.78. The molecule has 20 nitrogen and oxygen atoms in total. The molecule has 0 unspecified atom stereocenters. The Bertz CT molecular complexity index is 3480. The number of amides is 8. The Morgan fingerprint density at radius 1 is 0.553 bits per heavy atom. The quantitative estimate of drug-likeness (QED) is 0.120. The summed E-state index contributed by atoms with van der Waals surface area (Å²) in [6.07, 6.45) is 1.98. The zero-order valence-electron chi connectivity index (χ0n) is 49.1. The minimum atomic E-state index is -2.56. The van der Waals surface area contributed by atoms with Gasteiger partial charge in [-0.05, 0) is 76.3 Å². The summed E-state index contributed by atoms with van der Waals surface area (Å²) in [5.74, 6) is -0.784. The number of rotatable bonds is 11. The fourth-order valence-corrected chi connectivity index (χ4v) is 17.2. The second kappa shape index (κ2) is 25.7. The number of nitrogens with zero attached hydrogens (tertiary/aromatic N) is 10. The molecule has 2 saturated heterocycles. The summed E-state index contributed by atoms with van der Waals surface area (Å²) in [6, 6.07) is 18.6. The molecule has 6 aromatic rings. The zero-order valence-corrected chi connectivity index (χ0v) is 50.1. The Morgan fingerprint density at radius 3 is 1.32 bits per heavy atom. The van der Waals surface area contributed by atoms with Crippen molar-refractivity contribution in [1.82, 2.24) is 49.2 Å². The van der Waals surface area contributed by atoms with Crippen LogP contribution in [0.5, 0.6) is 23.0 Å². The zero-order chi connectivity index (χ0) is 60.5. The van der Waals surface area contributed by atoms with Crippen LogP contribution in [0.3, 0.4) is 0 Å². The van der Waals surface area contributed by atoms with Crippen molar-refractivity contribution in [3.05, 3.63) is 130 Å². The SMILES string of the molecule is C.CC(C)[Si](Oc1c2c(c(OC(=O)N3CCN(C(=O)N(C)C)CC3)c3cccnc13)CN(Cc1ccc(F)cc1)C2=O)(C(C)C)C(C)C.CN(C)C(=O)N1CCN(C(=O)Oc2c3c(c(O)c4ncccc24)C(=O)N(Cc2ccc(F)cc2)C3)CC1. The van der Waals surface area contributed by atoms with Crippen molar-refractivity contribution in [2.75, 3.05) is 80.5 Å². The molecule has 23 heteroatoms. The first kappa shape index (κ1) is 62.4. The second-order valence-corrected chi connectivity index (χ2v) is 28.3. The molecule has 2 fully saturated rings. The minimum Gasteiger partial charge on any atom is -0.541 e. The maximum Gasteiger partial charge on any atom is 0.415 e. The molecule has 4 aliphatic heterocycles. The van der Waals surface area contributed by atoms with Crippen LogP contribution < -0.4 is 13.9 Å². The third kappa shape index (κ3) is 12.5. The van der Waals surface area contributed by atoms with Gasteiger partial charge in [0.05, 0.1) is 24.2 Å². The predicted octanol–water partition coefficient (Wildman–Crippen LogP) is 10.6. The number of carbonyl (C=O) groups excluding carboxylic acids is 6. The molecule has 0 radical (unpaired) electrons. The van der Waals surface area contributed by atoms with E-state index in [0.29, 0.717) is 96.7 Å². The lowest BCUT2D eigenvalue weighted by Crippen LogP contribution is -2.53. The number of pyridine rings is 2. The minimum absolute atomic E-state index is 0. The van der Waals surface area contributed by atoms with E-state index < -0.39 is 26.4 Å². The number of fused-ring (bicyclic) bond motifs is 4. The highest BCUT2D eigenvalue weighted by Crippen LogP contribution is 2.50. The van der Waals surface area contributed by atoms with Crippen LogP contribution >= 0.6 is 0 Å². The topological polar surface area (TPSA) is 202 Å². The van der Waals surface area contributed by atoms with Gasteiger partial charge in [0.1, 0.15) is 39.9 Å². The predicted molar refractivity (Wildman–Crippen MR) is 320 cm³/mol. The van der Waals surface area contributed by atoms with Crippen molar-refractivity contribution in [2.24, 2.45) is 0 Å². The molecule has 10 rings (SSSR count). The Hall–Kier alpha value is -8.60. The lowest BCUT2D eigenvalue weighted by molar-refractivity contribution is 0.0757. The van der Waals surface area contributed by atoms with E-state index in [1.54, 1.807) is 96.5 Å². The van der Waals surface area contributed by atoms with Crippen LogP contribution in [0.4, 0.5) is 28.0 Å². The van der Waals surface area contributed by atoms with Crippen LogP contribution in [-0.2, 0) is 26.2 Å². The number of carbonyl (C=O) groups is 6. The molecule has 0 bridgehead atoms. The molecule has 8 amide bonds. The molecule has 0 atom stereocenters. The van der Waals surface area contributed by atoms with Gasteiger partial charge in [0.2, 0.25) is 0 Å². The van der Waals surface area contributed by atoms with Gasteiger partial charge < -0.3 is 58.2 Å². The number of aromatic hydroxyl groups is 1. The van der Waals surface area contributed by atoms with Crippen LogP contribution in [0.25, 0.3) is 21.8 Å². The summed E-state index contributed by atoms with van der Waals surface area (Å²) in [4.78, 5) is 101. The summed E-state index contributed by atoms with van der Waals surface area (Å²) >= 11 is 0. The fraction of sp³-hybridized carbons (Fsp3) is 0.419. The molecule has 85 heavy (non-hydrogen) atoms. The first-order valence-corrected chi connectivity index (χ1v) is 30.3. The first-order valence-electron chi connectivity index (χ1n) is 28.2. The molecule has 4 aliphatic rings.